The Bertz CT molecular complexity index is 818. The second kappa shape index (κ2) is 5.37. The lowest BCUT2D eigenvalue weighted by Crippen LogP contribution is -2.14. The van der Waals surface area contributed by atoms with Crippen LogP contribution in [0.1, 0.15) is 11.3 Å². The zero-order valence-electron chi connectivity index (χ0n) is 11.8. The van der Waals surface area contributed by atoms with Gasteiger partial charge in [0, 0.05) is 34.3 Å². The number of carbonyl (C=O) groups is 1. The number of halogens is 1. The van der Waals surface area contributed by atoms with Crippen molar-refractivity contribution < 1.29 is 4.79 Å². The molecule has 0 aliphatic heterocycles. The summed E-state index contributed by atoms with van der Waals surface area (Å²) in [6.07, 6.45) is 3.74. The number of fused-ring (bicyclic) bond motifs is 1. The van der Waals surface area contributed by atoms with Crippen LogP contribution in [0.5, 0.6) is 0 Å². The van der Waals surface area contributed by atoms with Gasteiger partial charge in [-0.15, -0.1) is 0 Å². The van der Waals surface area contributed by atoms with Crippen LogP contribution in [0.15, 0.2) is 35.1 Å². The van der Waals surface area contributed by atoms with Crippen molar-refractivity contribution in [3.63, 3.8) is 0 Å². The number of aryl methyl sites for hydroxylation is 2. The quantitative estimate of drug-likeness (QED) is 0.765. The maximum Gasteiger partial charge on any atom is 0.228 e. The summed E-state index contributed by atoms with van der Waals surface area (Å²) < 4.78 is 2.66. The van der Waals surface area contributed by atoms with Gasteiger partial charge in [-0.3, -0.25) is 9.48 Å². The Labute approximate surface area is 130 Å². The molecule has 0 saturated heterocycles. The predicted molar refractivity (Wildman–Crippen MR) is 86.3 cm³/mol. The van der Waals surface area contributed by atoms with E-state index in [0.717, 1.165) is 26.6 Å². The maximum absolute atomic E-state index is 12.2. The van der Waals surface area contributed by atoms with Crippen LogP contribution in [0.25, 0.3) is 10.9 Å². The molecule has 0 spiro atoms. The van der Waals surface area contributed by atoms with Crippen LogP contribution >= 0.6 is 15.9 Å². The molecule has 2 aromatic heterocycles. The Hall–Kier alpha value is -2.08. The number of carbonyl (C=O) groups excluding carboxylic acids is 1. The van der Waals surface area contributed by atoms with Crippen molar-refractivity contribution in [2.45, 2.75) is 13.3 Å². The number of amides is 1. The molecule has 0 aliphatic carbocycles. The van der Waals surface area contributed by atoms with Crippen LogP contribution in [0.4, 0.5) is 5.69 Å². The van der Waals surface area contributed by atoms with Crippen LogP contribution in [-0.4, -0.2) is 20.7 Å². The molecule has 6 heteroatoms. The van der Waals surface area contributed by atoms with Crippen LogP contribution in [0, 0.1) is 6.92 Å². The zero-order chi connectivity index (χ0) is 15.0. The van der Waals surface area contributed by atoms with Crippen molar-refractivity contribution in [3.8, 4) is 0 Å². The minimum atomic E-state index is -0.0491. The van der Waals surface area contributed by atoms with E-state index in [9.17, 15) is 4.79 Å². The summed E-state index contributed by atoms with van der Waals surface area (Å²) in [6.45, 7) is 1.99. The molecule has 3 aromatic rings. The SMILES string of the molecule is Cc1[nH]c2ccc(Br)cc2c1CC(=O)Nc1cnn(C)c1. The molecular formula is C15H15BrN4O. The number of aromatic nitrogens is 3. The summed E-state index contributed by atoms with van der Waals surface area (Å²) >= 11 is 3.47. The second-order valence-corrected chi connectivity index (χ2v) is 5.96. The van der Waals surface area contributed by atoms with Gasteiger partial charge in [0.2, 0.25) is 5.91 Å². The fourth-order valence-corrected chi connectivity index (χ4v) is 2.80. The summed E-state index contributed by atoms with van der Waals surface area (Å²) in [5.74, 6) is -0.0491. The zero-order valence-corrected chi connectivity index (χ0v) is 13.4. The van der Waals surface area contributed by atoms with E-state index in [-0.39, 0.29) is 5.91 Å². The molecule has 0 bridgehead atoms. The second-order valence-electron chi connectivity index (χ2n) is 5.05. The number of anilines is 1. The van der Waals surface area contributed by atoms with E-state index in [4.69, 9.17) is 0 Å². The molecule has 0 saturated carbocycles. The normalized spacial score (nSPS) is 11.0. The molecule has 1 amide bonds. The van der Waals surface area contributed by atoms with Gasteiger partial charge in [0.05, 0.1) is 18.3 Å². The molecule has 2 N–H and O–H groups in total. The van der Waals surface area contributed by atoms with Gasteiger partial charge in [-0.2, -0.15) is 5.10 Å². The lowest BCUT2D eigenvalue weighted by atomic mass is 10.1. The molecule has 2 heterocycles. The number of nitrogens with zero attached hydrogens (tertiary/aromatic N) is 2. The average molecular weight is 347 g/mol. The van der Waals surface area contributed by atoms with Crippen LogP contribution < -0.4 is 5.32 Å². The summed E-state index contributed by atoms with van der Waals surface area (Å²) in [4.78, 5) is 15.5. The van der Waals surface area contributed by atoms with E-state index in [1.54, 1.807) is 17.1 Å². The number of aromatic amines is 1. The molecule has 1 aromatic carbocycles. The largest absolute Gasteiger partial charge is 0.358 e. The van der Waals surface area contributed by atoms with E-state index >= 15 is 0 Å². The third-order valence-electron chi connectivity index (χ3n) is 3.41. The third-order valence-corrected chi connectivity index (χ3v) is 3.90. The number of H-pyrrole nitrogens is 1. The van der Waals surface area contributed by atoms with Crippen molar-refractivity contribution in [1.29, 1.82) is 0 Å². The third kappa shape index (κ3) is 2.85. The first-order chi connectivity index (χ1) is 10.0. The lowest BCUT2D eigenvalue weighted by Gasteiger charge is -2.03. The standard InChI is InChI=1S/C15H15BrN4O/c1-9-12(13-5-10(16)3-4-14(13)18-9)6-15(21)19-11-7-17-20(2)8-11/h3-5,7-8,18H,6H2,1-2H3,(H,19,21). The highest BCUT2D eigenvalue weighted by molar-refractivity contribution is 9.10. The first kappa shape index (κ1) is 13.9. The minimum Gasteiger partial charge on any atom is -0.358 e. The topological polar surface area (TPSA) is 62.7 Å². The van der Waals surface area contributed by atoms with Crippen LogP contribution in [-0.2, 0) is 18.3 Å². The molecule has 108 valence electrons. The lowest BCUT2D eigenvalue weighted by molar-refractivity contribution is -0.115. The summed E-state index contributed by atoms with van der Waals surface area (Å²) in [5, 5.41) is 7.97. The molecule has 0 unspecified atom stereocenters. The van der Waals surface area contributed by atoms with Gasteiger partial charge in [-0.25, -0.2) is 0 Å². The monoisotopic (exact) mass is 346 g/mol. The predicted octanol–water partition coefficient (Wildman–Crippen LogP) is 3.15. The Morgan fingerprint density at radius 2 is 2.29 bits per heavy atom. The highest BCUT2D eigenvalue weighted by atomic mass is 79.9. The minimum absolute atomic E-state index is 0.0491. The molecule has 21 heavy (non-hydrogen) atoms. The molecule has 3 rings (SSSR count). The van der Waals surface area contributed by atoms with E-state index in [0.29, 0.717) is 12.1 Å². The summed E-state index contributed by atoms with van der Waals surface area (Å²) in [5.41, 5.74) is 3.79. The first-order valence-corrected chi connectivity index (χ1v) is 7.37. The summed E-state index contributed by atoms with van der Waals surface area (Å²) in [7, 11) is 1.82. The van der Waals surface area contributed by atoms with Gasteiger partial charge < -0.3 is 10.3 Å². The van der Waals surface area contributed by atoms with Gasteiger partial charge in [-0.05, 0) is 30.7 Å². The molecular weight excluding hydrogens is 332 g/mol. The number of hydrogen-bond donors (Lipinski definition) is 2. The van der Waals surface area contributed by atoms with Crippen LogP contribution in [0.3, 0.4) is 0 Å². The highest BCUT2D eigenvalue weighted by Crippen LogP contribution is 2.26. The number of hydrogen-bond acceptors (Lipinski definition) is 2. The first-order valence-electron chi connectivity index (χ1n) is 6.58. The highest BCUT2D eigenvalue weighted by Gasteiger charge is 2.13. The number of rotatable bonds is 3. The Balaban J connectivity index is 1.85. The molecule has 0 aliphatic rings. The van der Waals surface area contributed by atoms with Gasteiger partial charge in [0.25, 0.3) is 0 Å². The fourth-order valence-electron chi connectivity index (χ4n) is 2.43. The van der Waals surface area contributed by atoms with Crippen LogP contribution in [0.2, 0.25) is 0 Å². The molecule has 0 fully saturated rings. The maximum atomic E-state index is 12.2. The fraction of sp³-hybridized carbons (Fsp3) is 0.200. The van der Waals surface area contributed by atoms with Crippen molar-refractivity contribution in [2.75, 3.05) is 5.32 Å². The van der Waals surface area contributed by atoms with Crippen molar-refractivity contribution in [1.82, 2.24) is 14.8 Å². The van der Waals surface area contributed by atoms with Crippen molar-refractivity contribution >= 4 is 38.4 Å². The molecule has 0 atom stereocenters. The number of benzene rings is 1. The van der Waals surface area contributed by atoms with Gasteiger partial charge in [0.15, 0.2) is 0 Å². The van der Waals surface area contributed by atoms with Gasteiger partial charge >= 0.3 is 0 Å². The molecule has 5 nitrogen and oxygen atoms in total. The van der Waals surface area contributed by atoms with Gasteiger partial charge in [-0.1, -0.05) is 15.9 Å². The Morgan fingerprint density at radius 3 is 3.00 bits per heavy atom. The van der Waals surface area contributed by atoms with Crippen molar-refractivity contribution in [3.05, 3.63) is 46.3 Å². The van der Waals surface area contributed by atoms with E-state index in [2.05, 4.69) is 31.3 Å². The van der Waals surface area contributed by atoms with Gasteiger partial charge in [0.1, 0.15) is 0 Å². The Morgan fingerprint density at radius 1 is 1.48 bits per heavy atom. The average Bonchev–Trinajstić information content (AvgIpc) is 2.95. The molecule has 0 radical (unpaired) electrons. The van der Waals surface area contributed by atoms with E-state index in [1.165, 1.54) is 0 Å². The smallest absolute Gasteiger partial charge is 0.228 e. The van der Waals surface area contributed by atoms with E-state index < -0.39 is 0 Å². The number of nitrogens with one attached hydrogen (secondary N) is 2. The van der Waals surface area contributed by atoms with E-state index in [1.807, 2.05) is 32.2 Å². The summed E-state index contributed by atoms with van der Waals surface area (Å²) in [6, 6.07) is 6.03. The Kier molecular flexibility index (Phi) is 3.55. The van der Waals surface area contributed by atoms with Crippen molar-refractivity contribution in [2.24, 2.45) is 7.05 Å².